The molecule has 0 aliphatic heterocycles. The van der Waals surface area contributed by atoms with Gasteiger partial charge >= 0.3 is 0 Å². The molecule has 0 saturated heterocycles. The van der Waals surface area contributed by atoms with Crippen LogP contribution in [0.5, 0.6) is 0 Å². The molecule has 0 aliphatic rings. The number of benzene rings is 2. The van der Waals surface area contributed by atoms with Gasteiger partial charge in [0.1, 0.15) is 0 Å². The molecule has 18 heavy (non-hydrogen) atoms. The highest BCUT2D eigenvalue weighted by Gasteiger charge is 2.18. The van der Waals surface area contributed by atoms with Gasteiger partial charge in [-0.3, -0.25) is 0 Å². The third-order valence-corrected chi connectivity index (χ3v) is 3.55. The van der Waals surface area contributed by atoms with Crippen LogP contribution in [0.1, 0.15) is 30.1 Å². The quantitative estimate of drug-likeness (QED) is 0.854. The van der Waals surface area contributed by atoms with Gasteiger partial charge in [0.2, 0.25) is 0 Å². The van der Waals surface area contributed by atoms with Crippen molar-refractivity contribution in [1.82, 2.24) is 0 Å². The fraction of sp³-hybridized carbons (Fsp3) is 0.200. The van der Waals surface area contributed by atoms with E-state index in [1.54, 1.807) is 12.1 Å². The van der Waals surface area contributed by atoms with E-state index in [0.29, 0.717) is 10.0 Å². The Morgan fingerprint density at radius 1 is 0.889 bits per heavy atom. The smallest absolute Gasteiger partial charge is 0.0856 e. The van der Waals surface area contributed by atoms with Crippen LogP contribution in [0.3, 0.4) is 0 Å². The zero-order chi connectivity index (χ0) is 13.1. The van der Waals surface area contributed by atoms with Gasteiger partial charge in [0.25, 0.3) is 0 Å². The SMILES string of the molecule is CC(c1ccc(Cl)cc1)[C@@H](O)c1cccc(Cl)c1. The molecule has 2 aromatic rings. The third kappa shape index (κ3) is 3.05. The van der Waals surface area contributed by atoms with E-state index in [9.17, 15) is 5.11 Å². The number of halogens is 2. The summed E-state index contributed by atoms with van der Waals surface area (Å²) in [6, 6.07) is 14.8. The Hall–Kier alpha value is -1.02. The largest absolute Gasteiger partial charge is 0.388 e. The molecule has 2 aromatic carbocycles. The van der Waals surface area contributed by atoms with Gasteiger partial charge in [-0.2, -0.15) is 0 Å². The minimum Gasteiger partial charge on any atom is -0.388 e. The summed E-state index contributed by atoms with van der Waals surface area (Å²) in [5.41, 5.74) is 1.87. The van der Waals surface area contributed by atoms with Crippen molar-refractivity contribution < 1.29 is 5.11 Å². The van der Waals surface area contributed by atoms with Crippen LogP contribution in [0.2, 0.25) is 10.0 Å². The monoisotopic (exact) mass is 280 g/mol. The predicted molar refractivity (Wildman–Crippen MR) is 76.3 cm³/mol. The summed E-state index contributed by atoms with van der Waals surface area (Å²) in [4.78, 5) is 0. The fourth-order valence-electron chi connectivity index (χ4n) is 1.93. The van der Waals surface area contributed by atoms with E-state index in [1.165, 1.54) is 0 Å². The van der Waals surface area contributed by atoms with Crippen molar-refractivity contribution in [3.8, 4) is 0 Å². The second-order valence-corrected chi connectivity index (χ2v) is 5.21. The van der Waals surface area contributed by atoms with Crippen molar-refractivity contribution in [2.24, 2.45) is 0 Å². The molecule has 0 radical (unpaired) electrons. The molecule has 3 heteroatoms. The predicted octanol–water partition coefficient (Wildman–Crippen LogP) is 4.83. The van der Waals surface area contributed by atoms with Crippen molar-refractivity contribution >= 4 is 23.2 Å². The third-order valence-electron chi connectivity index (χ3n) is 3.06. The van der Waals surface area contributed by atoms with Gasteiger partial charge in [0.05, 0.1) is 6.10 Å². The van der Waals surface area contributed by atoms with E-state index in [1.807, 2.05) is 43.3 Å². The van der Waals surface area contributed by atoms with Crippen LogP contribution in [-0.2, 0) is 0 Å². The summed E-state index contributed by atoms with van der Waals surface area (Å²) in [7, 11) is 0. The molecule has 1 unspecified atom stereocenters. The van der Waals surface area contributed by atoms with Gasteiger partial charge in [-0.15, -0.1) is 0 Å². The Morgan fingerprint density at radius 3 is 2.17 bits per heavy atom. The molecule has 0 amide bonds. The maximum absolute atomic E-state index is 10.3. The molecule has 2 atom stereocenters. The number of hydrogen-bond acceptors (Lipinski definition) is 1. The first-order valence-corrected chi connectivity index (χ1v) is 6.52. The lowest BCUT2D eigenvalue weighted by atomic mass is 9.91. The van der Waals surface area contributed by atoms with Crippen molar-refractivity contribution in [3.05, 3.63) is 69.7 Å². The summed E-state index contributed by atoms with van der Waals surface area (Å²) >= 11 is 11.8. The van der Waals surface area contributed by atoms with Crippen molar-refractivity contribution in [3.63, 3.8) is 0 Å². The fourth-order valence-corrected chi connectivity index (χ4v) is 2.25. The molecule has 0 heterocycles. The van der Waals surface area contributed by atoms with Crippen LogP contribution < -0.4 is 0 Å². The van der Waals surface area contributed by atoms with Gasteiger partial charge in [-0.25, -0.2) is 0 Å². The van der Waals surface area contributed by atoms with Gasteiger partial charge in [0.15, 0.2) is 0 Å². The van der Waals surface area contributed by atoms with E-state index < -0.39 is 6.10 Å². The van der Waals surface area contributed by atoms with Crippen LogP contribution >= 0.6 is 23.2 Å². The highest BCUT2D eigenvalue weighted by Crippen LogP contribution is 2.31. The summed E-state index contributed by atoms with van der Waals surface area (Å²) < 4.78 is 0. The van der Waals surface area contributed by atoms with Crippen LogP contribution in [0.4, 0.5) is 0 Å². The van der Waals surface area contributed by atoms with Crippen LogP contribution in [0.15, 0.2) is 48.5 Å². The molecule has 0 aromatic heterocycles. The van der Waals surface area contributed by atoms with Crippen LogP contribution in [0, 0.1) is 0 Å². The molecule has 0 spiro atoms. The van der Waals surface area contributed by atoms with E-state index in [0.717, 1.165) is 11.1 Å². The molecule has 0 bridgehead atoms. The topological polar surface area (TPSA) is 20.2 Å². The van der Waals surface area contributed by atoms with E-state index in [4.69, 9.17) is 23.2 Å². The lowest BCUT2D eigenvalue weighted by Crippen LogP contribution is -2.07. The Labute approximate surface area is 117 Å². The first-order chi connectivity index (χ1) is 8.58. The Morgan fingerprint density at radius 2 is 1.56 bits per heavy atom. The minimum absolute atomic E-state index is 0.0132. The molecule has 1 nitrogen and oxygen atoms in total. The summed E-state index contributed by atoms with van der Waals surface area (Å²) in [6.45, 7) is 1.98. The first kappa shape index (κ1) is 13.4. The number of aliphatic hydroxyl groups excluding tert-OH is 1. The Bertz CT molecular complexity index is 522. The van der Waals surface area contributed by atoms with Crippen molar-refractivity contribution in [2.75, 3.05) is 0 Å². The summed E-state index contributed by atoms with van der Waals surface area (Å²) in [5, 5.41) is 11.7. The maximum Gasteiger partial charge on any atom is 0.0856 e. The van der Waals surface area contributed by atoms with Gasteiger partial charge in [0, 0.05) is 16.0 Å². The number of hydrogen-bond donors (Lipinski definition) is 1. The van der Waals surface area contributed by atoms with Crippen molar-refractivity contribution in [2.45, 2.75) is 18.9 Å². The second-order valence-electron chi connectivity index (χ2n) is 4.34. The molecule has 94 valence electrons. The number of rotatable bonds is 3. The minimum atomic E-state index is -0.579. The first-order valence-electron chi connectivity index (χ1n) is 5.77. The van der Waals surface area contributed by atoms with Gasteiger partial charge in [-0.1, -0.05) is 54.4 Å². The molecule has 0 fully saturated rings. The van der Waals surface area contributed by atoms with Gasteiger partial charge in [-0.05, 0) is 35.4 Å². The zero-order valence-corrected chi connectivity index (χ0v) is 11.5. The highest BCUT2D eigenvalue weighted by molar-refractivity contribution is 6.30. The Balaban J connectivity index is 2.23. The van der Waals surface area contributed by atoms with E-state index >= 15 is 0 Å². The van der Waals surface area contributed by atoms with E-state index in [2.05, 4.69) is 0 Å². The summed E-state index contributed by atoms with van der Waals surface area (Å²) in [5.74, 6) is -0.0132. The summed E-state index contributed by atoms with van der Waals surface area (Å²) in [6.07, 6.45) is -0.579. The van der Waals surface area contributed by atoms with Gasteiger partial charge < -0.3 is 5.11 Å². The van der Waals surface area contributed by atoms with Crippen LogP contribution in [0.25, 0.3) is 0 Å². The second kappa shape index (κ2) is 5.75. The van der Waals surface area contributed by atoms with Crippen molar-refractivity contribution in [1.29, 1.82) is 0 Å². The maximum atomic E-state index is 10.3. The van der Waals surface area contributed by atoms with Crippen LogP contribution in [-0.4, -0.2) is 5.11 Å². The molecular weight excluding hydrogens is 267 g/mol. The molecule has 0 saturated carbocycles. The highest BCUT2D eigenvalue weighted by atomic mass is 35.5. The standard InChI is InChI=1S/C15H14Cl2O/c1-10(11-5-7-13(16)8-6-11)15(18)12-3-2-4-14(17)9-12/h2-10,15,18H,1H3/t10?,15-/m1/s1. The molecule has 0 aliphatic carbocycles. The lowest BCUT2D eigenvalue weighted by molar-refractivity contribution is 0.151. The normalized spacial score (nSPS) is 14.2. The number of aliphatic hydroxyl groups is 1. The zero-order valence-electron chi connectivity index (χ0n) is 9.98. The van der Waals surface area contributed by atoms with E-state index in [-0.39, 0.29) is 5.92 Å². The Kier molecular flexibility index (Phi) is 4.28. The average molecular weight is 281 g/mol. The average Bonchev–Trinajstić information content (AvgIpc) is 2.38. The molecule has 2 rings (SSSR count). The molecule has 1 N–H and O–H groups in total. The lowest BCUT2D eigenvalue weighted by Gasteiger charge is -2.20. The molecular formula is C15H14Cl2O.